The predicted octanol–water partition coefficient (Wildman–Crippen LogP) is 2.19. The normalized spacial score (nSPS) is 29.8. The summed E-state index contributed by atoms with van der Waals surface area (Å²) in [6.07, 6.45) is 3.19. The fourth-order valence-electron chi connectivity index (χ4n) is 1.06. The summed E-state index contributed by atoms with van der Waals surface area (Å²) in [5.74, 6) is -0.228. The van der Waals surface area contributed by atoms with Crippen molar-refractivity contribution in [3.63, 3.8) is 0 Å². The van der Waals surface area contributed by atoms with Crippen LogP contribution >= 0.6 is 15.9 Å². The molecule has 0 unspecified atom stereocenters. The maximum absolute atomic E-state index is 11.0. The van der Waals surface area contributed by atoms with Crippen molar-refractivity contribution in [2.75, 3.05) is 6.61 Å². The Bertz CT molecular complexity index is 164. The van der Waals surface area contributed by atoms with Gasteiger partial charge in [-0.2, -0.15) is 0 Å². The first-order chi connectivity index (χ1) is 5.66. The van der Waals surface area contributed by atoms with Crippen LogP contribution < -0.4 is 0 Å². The molecule has 70 valence electrons. The summed E-state index contributed by atoms with van der Waals surface area (Å²) in [4.78, 5) is 11.0. The van der Waals surface area contributed by atoms with Crippen LogP contribution in [0.15, 0.2) is 0 Å². The fraction of sp³-hybridized carbons (Fsp3) is 0.875. The van der Waals surface area contributed by atoms with Gasteiger partial charge < -0.3 is 9.47 Å². The van der Waals surface area contributed by atoms with Crippen molar-refractivity contribution in [1.29, 1.82) is 0 Å². The maximum Gasteiger partial charge on any atom is 0.308 e. The van der Waals surface area contributed by atoms with Crippen LogP contribution in [0.2, 0.25) is 0 Å². The van der Waals surface area contributed by atoms with Gasteiger partial charge in [0.25, 0.3) is 4.70 Å². The van der Waals surface area contributed by atoms with Gasteiger partial charge in [0.15, 0.2) is 0 Å². The number of carbonyl (C=O) groups excluding carboxylic acids is 1. The highest BCUT2D eigenvalue weighted by Crippen LogP contribution is 2.32. The topological polar surface area (TPSA) is 35.5 Å². The third kappa shape index (κ3) is 2.75. The summed E-state index contributed by atoms with van der Waals surface area (Å²) >= 11 is 3.27. The van der Waals surface area contributed by atoms with Crippen LogP contribution in [0.1, 0.15) is 32.6 Å². The zero-order valence-electron chi connectivity index (χ0n) is 7.14. The van der Waals surface area contributed by atoms with E-state index < -0.39 is 4.70 Å². The lowest BCUT2D eigenvalue weighted by Crippen LogP contribution is -2.34. The van der Waals surface area contributed by atoms with Crippen molar-refractivity contribution >= 4 is 21.9 Å². The Morgan fingerprint density at radius 3 is 2.92 bits per heavy atom. The summed E-state index contributed by atoms with van der Waals surface area (Å²) in [5, 5.41) is 0. The molecule has 0 aromatic carbocycles. The highest BCUT2D eigenvalue weighted by Gasteiger charge is 2.33. The van der Waals surface area contributed by atoms with E-state index in [1.807, 2.05) is 0 Å². The molecule has 3 nitrogen and oxygen atoms in total. The smallest absolute Gasteiger partial charge is 0.308 e. The number of alkyl halides is 1. The Hall–Kier alpha value is -0.0900. The molecule has 1 heterocycles. The van der Waals surface area contributed by atoms with Crippen molar-refractivity contribution in [3.05, 3.63) is 0 Å². The standard InChI is InChI=1S/C8H13BrO3/c1-2-7(10)12-8(9)5-3-4-6-11-8/h2-6H2,1H3/t8-/m1/s1. The fourth-order valence-corrected chi connectivity index (χ4v) is 1.68. The van der Waals surface area contributed by atoms with Gasteiger partial charge in [-0.05, 0) is 28.8 Å². The summed E-state index contributed by atoms with van der Waals surface area (Å²) in [6.45, 7) is 2.42. The van der Waals surface area contributed by atoms with Crippen LogP contribution in [0.25, 0.3) is 0 Å². The number of carbonyl (C=O) groups is 1. The summed E-state index contributed by atoms with van der Waals surface area (Å²) in [7, 11) is 0. The SMILES string of the molecule is CCC(=O)O[C@@]1(Br)CCCCO1. The molecule has 1 saturated heterocycles. The van der Waals surface area contributed by atoms with E-state index in [0.29, 0.717) is 13.0 Å². The maximum atomic E-state index is 11.0. The molecule has 1 rings (SSSR count). The molecule has 0 aromatic rings. The lowest BCUT2D eigenvalue weighted by atomic mass is 10.2. The zero-order chi connectivity index (χ0) is 9.03. The molecule has 1 aliphatic rings. The first-order valence-electron chi connectivity index (χ1n) is 4.21. The van der Waals surface area contributed by atoms with Gasteiger partial charge in [-0.3, -0.25) is 4.79 Å². The molecule has 0 aliphatic carbocycles. The Labute approximate surface area is 80.5 Å². The van der Waals surface area contributed by atoms with Gasteiger partial charge >= 0.3 is 5.97 Å². The summed E-state index contributed by atoms with van der Waals surface area (Å²) < 4.78 is 9.56. The molecule has 0 aromatic heterocycles. The lowest BCUT2D eigenvalue weighted by molar-refractivity contribution is -0.198. The Morgan fingerprint density at radius 1 is 1.67 bits per heavy atom. The van der Waals surface area contributed by atoms with Crippen LogP contribution in [0.4, 0.5) is 0 Å². The average Bonchev–Trinajstić information content (AvgIpc) is 2.05. The monoisotopic (exact) mass is 236 g/mol. The minimum Gasteiger partial charge on any atom is -0.423 e. The van der Waals surface area contributed by atoms with Gasteiger partial charge in [0.05, 0.1) is 6.61 Å². The van der Waals surface area contributed by atoms with E-state index in [4.69, 9.17) is 9.47 Å². The van der Waals surface area contributed by atoms with Crippen molar-refractivity contribution in [3.8, 4) is 0 Å². The molecular formula is C8H13BrO3. The number of rotatable bonds is 2. The molecule has 0 radical (unpaired) electrons. The molecular weight excluding hydrogens is 224 g/mol. The van der Waals surface area contributed by atoms with Crippen LogP contribution in [0.5, 0.6) is 0 Å². The molecule has 0 bridgehead atoms. The van der Waals surface area contributed by atoms with E-state index >= 15 is 0 Å². The minimum atomic E-state index is -0.835. The van der Waals surface area contributed by atoms with Gasteiger partial charge in [0.2, 0.25) is 0 Å². The first-order valence-corrected chi connectivity index (χ1v) is 5.00. The molecule has 0 amide bonds. The quantitative estimate of drug-likeness (QED) is 0.545. The molecule has 4 heteroatoms. The second kappa shape index (κ2) is 4.23. The largest absolute Gasteiger partial charge is 0.423 e. The Balaban J connectivity index is 2.41. The third-order valence-corrected chi connectivity index (χ3v) is 2.53. The number of esters is 1. The van der Waals surface area contributed by atoms with Gasteiger partial charge in [0, 0.05) is 12.8 Å². The number of hydrogen-bond acceptors (Lipinski definition) is 3. The van der Waals surface area contributed by atoms with Gasteiger partial charge in [-0.1, -0.05) is 6.92 Å². The second-order valence-electron chi connectivity index (χ2n) is 2.79. The summed E-state index contributed by atoms with van der Waals surface area (Å²) in [6, 6.07) is 0. The van der Waals surface area contributed by atoms with E-state index in [9.17, 15) is 4.79 Å². The van der Waals surface area contributed by atoms with E-state index in [0.717, 1.165) is 19.3 Å². The molecule has 12 heavy (non-hydrogen) atoms. The van der Waals surface area contributed by atoms with Crippen molar-refractivity contribution < 1.29 is 14.3 Å². The van der Waals surface area contributed by atoms with E-state index in [2.05, 4.69) is 15.9 Å². The van der Waals surface area contributed by atoms with Crippen molar-refractivity contribution in [1.82, 2.24) is 0 Å². The van der Waals surface area contributed by atoms with Crippen molar-refractivity contribution in [2.24, 2.45) is 0 Å². The van der Waals surface area contributed by atoms with Crippen LogP contribution in [-0.4, -0.2) is 17.3 Å². The van der Waals surface area contributed by atoms with Crippen molar-refractivity contribution in [2.45, 2.75) is 37.3 Å². The molecule has 0 spiro atoms. The van der Waals surface area contributed by atoms with E-state index in [1.165, 1.54) is 0 Å². The van der Waals surface area contributed by atoms with E-state index in [-0.39, 0.29) is 5.97 Å². The van der Waals surface area contributed by atoms with Gasteiger partial charge in [-0.15, -0.1) is 0 Å². The second-order valence-corrected chi connectivity index (χ2v) is 4.00. The van der Waals surface area contributed by atoms with Gasteiger partial charge in [0.1, 0.15) is 0 Å². The van der Waals surface area contributed by atoms with Crippen LogP contribution in [0, 0.1) is 0 Å². The molecule has 0 saturated carbocycles. The van der Waals surface area contributed by atoms with E-state index in [1.54, 1.807) is 6.92 Å². The first kappa shape index (κ1) is 9.99. The number of halogens is 1. The highest BCUT2D eigenvalue weighted by atomic mass is 79.9. The average molecular weight is 237 g/mol. The van der Waals surface area contributed by atoms with Crippen LogP contribution in [0.3, 0.4) is 0 Å². The third-order valence-electron chi connectivity index (χ3n) is 1.74. The molecule has 1 aliphatic heterocycles. The minimum absolute atomic E-state index is 0.228. The lowest BCUT2D eigenvalue weighted by Gasteiger charge is -2.30. The van der Waals surface area contributed by atoms with Crippen LogP contribution in [-0.2, 0) is 14.3 Å². The number of hydrogen-bond donors (Lipinski definition) is 0. The Kier molecular flexibility index (Phi) is 3.53. The highest BCUT2D eigenvalue weighted by molar-refractivity contribution is 9.10. The molecule has 0 N–H and O–H groups in total. The summed E-state index contributed by atoms with van der Waals surface area (Å²) in [5.41, 5.74) is 0. The zero-order valence-corrected chi connectivity index (χ0v) is 8.72. The number of ether oxygens (including phenoxy) is 2. The molecule has 1 atom stereocenters. The van der Waals surface area contributed by atoms with Gasteiger partial charge in [-0.25, -0.2) is 0 Å². The predicted molar refractivity (Wildman–Crippen MR) is 47.8 cm³/mol. The Morgan fingerprint density at radius 2 is 2.42 bits per heavy atom. The molecule has 1 fully saturated rings.